The second-order valence-electron chi connectivity index (χ2n) is 7.74. The molecule has 1 aromatic rings. The predicted molar refractivity (Wildman–Crippen MR) is 105 cm³/mol. The molecule has 0 aromatic heterocycles. The van der Waals surface area contributed by atoms with Gasteiger partial charge in [0.15, 0.2) is 5.83 Å². The molecule has 1 atom stereocenters. The lowest BCUT2D eigenvalue weighted by atomic mass is 9.62. The molecule has 6 heteroatoms. The Kier molecular flexibility index (Phi) is 4.07. The molecule has 4 rings (SSSR count). The van der Waals surface area contributed by atoms with E-state index in [4.69, 9.17) is 25.8 Å². The Morgan fingerprint density at radius 1 is 1.37 bits per heavy atom. The maximum absolute atomic E-state index is 14.6. The van der Waals surface area contributed by atoms with Crippen LogP contribution in [-0.2, 0) is 16.7 Å². The van der Waals surface area contributed by atoms with Crippen molar-refractivity contribution >= 4 is 17.2 Å². The van der Waals surface area contributed by atoms with Gasteiger partial charge in [0.25, 0.3) is 0 Å². The van der Waals surface area contributed by atoms with E-state index in [0.29, 0.717) is 37.9 Å². The molecule has 3 nitrogen and oxygen atoms in total. The maximum Gasteiger partial charge on any atom is 0.156 e. The Hall–Kier alpha value is -1.53. The van der Waals surface area contributed by atoms with E-state index in [1.54, 1.807) is 6.08 Å². The number of ether oxygens (including phenoxy) is 2. The van der Waals surface area contributed by atoms with Gasteiger partial charge in [-0.3, -0.25) is 4.39 Å². The van der Waals surface area contributed by atoms with Gasteiger partial charge in [0.2, 0.25) is 0 Å². The normalized spacial score (nSPS) is 34.0. The first kappa shape index (κ1) is 15.4. The Balaban J connectivity index is 1.65. The van der Waals surface area contributed by atoms with Crippen LogP contribution in [0.25, 0.3) is 0 Å². The fraction of sp³-hybridized carbons (Fsp3) is 0.571. The summed E-state index contributed by atoms with van der Waals surface area (Å²) in [5.41, 5.74) is 0.877. The molecule has 0 bridgehead atoms. The Labute approximate surface area is 168 Å². The van der Waals surface area contributed by atoms with E-state index < -0.39 is 25.1 Å². The monoisotopic (exact) mass is 396 g/mol. The fourth-order valence-electron chi connectivity index (χ4n) is 4.99. The van der Waals surface area contributed by atoms with E-state index in [1.807, 2.05) is 18.2 Å². The quantitative estimate of drug-likeness (QED) is 0.585. The molecular weight excluding hydrogens is 368 g/mol. The molecule has 3 aliphatic rings. The topological polar surface area (TPSA) is 30.5 Å². The highest BCUT2D eigenvalue weighted by Gasteiger charge is 2.60. The summed E-state index contributed by atoms with van der Waals surface area (Å²) in [5, 5.41) is 3.25. The van der Waals surface area contributed by atoms with Gasteiger partial charge in [-0.05, 0) is 61.4 Å². The van der Waals surface area contributed by atoms with Crippen molar-refractivity contribution in [2.24, 2.45) is 5.41 Å². The van der Waals surface area contributed by atoms with Crippen molar-refractivity contribution in [1.29, 1.82) is 0 Å². The van der Waals surface area contributed by atoms with Gasteiger partial charge in [-0.2, -0.15) is 0 Å². The molecule has 0 amide bonds. The number of thiocarbonyl (C=S) groups is 1. The number of alkyl halides is 1. The van der Waals surface area contributed by atoms with Crippen molar-refractivity contribution in [1.82, 2.24) is 5.32 Å². The zero-order chi connectivity index (χ0) is 21.6. The first-order valence-electron chi connectivity index (χ1n) is 10.9. The highest BCUT2D eigenvalue weighted by atomic mass is 32.1. The number of hydrogen-bond donors (Lipinski definition) is 1. The lowest BCUT2D eigenvalue weighted by molar-refractivity contribution is 0.00369. The summed E-state index contributed by atoms with van der Waals surface area (Å²) in [7, 11) is -2.42. The van der Waals surface area contributed by atoms with Gasteiger partial charge in [-0.25, -0.2) is 4.39 Å². The van der Waals surface area contributed by atoms with Gasteiger partial charge >= 0.3 is 0 Å². The van der Waals surface area contributed by atoms with Gasteiger partial charge in [-0.15, -0.1) is 0 Å². The van der Waals surface area contributed by atoms with Crippen molar-refractivity contribution < 1.29 is 22.4 Å². The molecule has 1 aliphatic heterocycles. The second-order valence-corrected chi connectivity index (χ2v) is 8.15. The fourth-order valence-corrected chi connectivity index (χ4v) is 5.21. The van der Waals surface area contributed by atoms with E-state index in [1.165, 1.54) is 0 Å². The number of nitrogens with one attached hydrogen (secondary N) is 1. The van der Waals surface area contributed by atoms with Crippen LogP contribution in [0.2, 0.25) is 0 Å². The minimum Gasteiger partial charge on any atom is -0.493 e. The number of halogens is 2. The van der Waals surface area contributed by atoms with Gasteiger partial charge in [0, 0.05) is 18.9 Å². The molecule has 1 N–H and O–H groups in total. The number of methoxy groups -OCH3 is 1. The average Bonchev–Trinajstić information content (AvgIpc) is 3.11. The van der Waals surface area contributed by atoms with Crippen LogP contribution in [0.4, 0.5) is 8.78 Å². The van der Waals surface area contributed by atoms with E-state index in [0.717, 1.165) is 17.5 Å². The molecule has 1 heterocycles. The molecule has 1 saturated carbocycles. The maximum atomic E-state index is 14.6. The van der Waals surface area contributed by atoms with Crippen molar-refractivity contribution in [3.8, 4) is 5.75 Å². The standard InChI is InChI=1S/C21H25F2NO2S/c1-25-15-5-7-20(8-6-15)12-14-3-4-16(26-10-2-9-22)11-17(14)21(20)13-18(23)19(27)24-21/h3-4,11,13,15H,2,5-10,12H2,1H3,(H,24,27)/i1D3. The predicted octanol–water partition coefficient (Wildman–Crippen LogP) is 4.54. The smallest absolute Gasteiger partial charge is 0.156 e. The number of hydrogen-bond acceptors (Lipinski definition) is 3. The molecule has 2 spiro atoms. The van der Waals surface area contributed by atoms with Crippen LogP contribution in [0.5, 0.6) is 5.75 Å². The third kappa shape index (κ3) is 2.97. The zero-order valence-electron chi connectivity index (χ0n) is 18.0. The summed E-state index contributed by atoms with van der Waals surface area (Å²) in [5.74, 6) is 0.174. The van der Waals surface area contributed by atoms with Crippen LogP contribution >= 0.6 is 12.2 Å². The average molecular weight is 397 g/mol. The first-order chi connectivity index (χ1) is 14.2. The molecule has 1 unspecified atom stereocenters. The Morgan fingerprint density at radius 3 is 2.85 bits per heavy atom. The van der Waals surface area contributed by atoms with E-state index in [2.05, 4.69) is 5.32 Å². The first-order valence-corrected chi connectivity index (χ1v) is 9.80. The van der Waals surface area contributed by atoms with Gasteiger partial charge in [0.1, 0.15) is 10.7 Å². The summed E-state index contributed by atoms with van der Waals surface area (Å²) in [6.45, 7) is -0.168. The largest absolute Gasteiger partial charge is 0.493 e. The highest BCUT2D eigenvalue weighted by Crippen LogP contribution is 2.60. The summed E-state index contributed by atoms with van der Waals surface area (Å²) in [6, 6.07) is 5.75. The highest BCUT2D eigenvalue weighted by molar-refractivity contribution is 7.80. The molecule has 0 saturated heterocycles. The molecule has 1 fully saturated rings. The van der Waals surface area contributed by atoms with Gasteiger partial charge < -0.3 is 14.8 Å². The summed E-state index contributed by atoms with van der Waals surface area (Å²) >= 11 is 5.22. The molecular formula is C21H25F2NO2S. The molecule has 0 radical (unpaired) electrons. The Morgan fingerprint density at radius 2 is 2.19 bits per heavy atom. The number of fused-ring (bicyclic) bond motifs is 3. The lowest BCUT2D eigenvalue weighted by Crippen LogP contribution is -2.52. The SMILES string of the molecule is [2H]C([2H])([2H])OC1CCC2(CC1)Cc1ccc(OCCCF)cc1C21C=C(F)C(=S)N1. The lowest BCUT2D eigenvalue weighted by Gasteiger charge is -2.47. The third-order valence-corrected chi connectivity index (χ3v) is 6.64. The van der Waals surface area contributed by atoms with Gasteiger partial charge in [-0.1, -0.05) is 18.3 Å². The minimum absolute atomic E-state index is 0.0897. The van der Waals surface area contributed by atoms with Crippen LogP contribution in [-0.4, -0.2) is 31.4 Å². The van der Waals surface area contributed by atoms with Crippen LogP contribution in [0, 0.1) is 5.41 Å². The van der Waals surface area contributed by atoms with E-state index in [-0.39, 0.29) is 23.1 Å². The van der Waals surface area contributed by atoms with Crippen molar-refractivity contribution in [3.05, 3.63) is 41.2 Å². The third-order valence-electron chi connectivity index (χ3n) is 6.35. The van der Waals surface area contributed by atoms with Crippen molar-refractivity contribution in [3.63, 3.8) is 0 Å². The summed E-state index contributed by atoms with van der Waals surface area (Å²) in [6.07, 6.45) is 4.80. The summed E-state index contributed by atoms with van der Waals surface area (Å²) in [4.78, 5) is 0.0897. The molecule has 2 aliphatic carbocycles. The summed E-state index contributed by atoms with van der Waals surface area (Å²) < 4.78 is 60.0. The van der Waals surface area contributed by atoms with Crippen LogP contribution in [0.1, 0.15) is 47.3 Å². The molecule has 27 heavy (non-hydrogen) atoms. The van der Waals surface area contributed by atoms with Crippen molar-refractivity contribution in [2.75, 3.05) is 20.3 Å². The number of rotatable bonds is 5. The van der Waals surface area contributed by atoms with Gasteiger partial charge in [0.05, 0.1) is 29.0 Å². The van der Waals surface area contributed by atoms with Crippen LogP contribution in [0.3, 0.4) is 0 Å². The van der Waals surface area contributed by atoms with Crippen LogP contribution < -0.4 is 10.1 Å². The molecule has 1 aromatic carbocycles. The van der Waals surface area contributed by atoms with E-state index in [9.17, 15) is 8.78 Å². The minimum atomic E-state index is -2.42. The Bertz CT molecular complexity index is 868. The zero-order valence-corrected chi connectivity index (χ0v) is 15.8. The van der Waals surface area contributed by atoms with Crippen LogP contribution in [0.15, 0.2) is 30.1 Å². The van der Waals surface area contributed by atoms with E-state index >= 15 is 0 Å². The van der Waals surface area contributed by atoms with Crippen molar-refractivity contribution in [2.45, 2.75) is 50.2 Å². The number of benzene rings is 1. The molecule has 146 valence electrons. The second kappa shape index (κ2) is 7.13.